The van der Waals surface area contributed by atoms with Crippen molar-refractivity contribution >= 4 is 16.8 Å². The Balaban J connectivity index is 1.19. The SMILES string of the molecule is Cc1oc(-c2ccccc2C(F)(F)F)nc1Cn1c(C)c(C(=O)N2CCC3(CC2)OCc2ccccc23)c2ccccc21. The minimum atomic E-state index is -4.54. The molecule has 0 N–H and O–H groups in total. The smallest absolute Gasteiger partial charge is 0.417 e. The second-order valence-corrected chi connectivity index (χ2v) is 11.4. The maximum absolute atomic E-state index is 14.1. The summed E-state index contributed by atoms with van der Waals surface area (Å²) in [5.74, 6) is 0.309. The van der Waals surface area contributed by atoms with Crippen molar-refractivity contribution < 1.29 is 27.1 Å². The number of oxazole rings is 1. The first-order valence-electron chi connectivity index (χ1n) is 14.4. The van der Waals surface area contributed by atoms with Crippen molar-refractivity contribution in [3.8, 4) is 11.5 Å². The van der Waals surface area contributed by atoms with Crippen LogP contribution < -0.4 is 0 Å². The third-order valence-corrected chi connectivity index (χ3v) is 8.98. The number of likely N-dealkylation sites (tertiary alicyclic amines) is 1. The average molecular weight is 586 g/mol. The van der Waals surface area contributed by atoms with E-state index in [2.05, 4.69) is 17.1 Å². The van der Waals surface area contributed by atoms with Gasteiger partial charge in [0, 0.05) is 35.2 Å². The fraction of sp³-hybridized carbons (Fsp3) is 0.294. The van der Waals surface area contributed by atoms with Crippen molar-refractivity contribution in [2.75, 3.05) is 13.1 Å². The van der Waals surface area contributed by atoms with Gasteiger partial charge < -0.3 is 18.6 Å². The van der Waals surface area contributed by atoms with Gasteiger partial charge >= 0.3 is 6.18 Å². The van der Waals surface area contributed by atoms with Gasteiger partial charge in [0.25, 0.3) is 5.91 Å². The molecule has 2 aromatic heterocycles. The van der Waals surface area contributed by atoms with Crippen LogP contribution in [0.4, 0.5) is 13.2 Å². The molecule has 1 amide bonds. The molecular weight excluding hydrogens is 555 g/mol. The number of aryl methyl sites for hydroxylation is 1. The summed E-state index contributed by atoms with van der Waals surface area (Å²) in [6.45, 7) is 5.61. The highest BCUT2D eigenvalue weighted by atomic mass is 19.4. The Morgan fingerprint density at radius 2 is 1.65 bits per heavy atom. The Morgan fingerprint density at radius 3 is 2.44 bits per heavy atom. The maximum Gasteiger partial charge on any atom is 0.417 e. The molecule has 2 aliphatic heterocycles. The number of aromatic nitrogens is 2. The third kappa shape index (κ3) is 4.54. The molecule has 3 aromatic carbocycles. The predicted molar refractivity (Wildman–Crippen MR) is 156 cm³/mol. The molecule has 220 valence electrons. The molecule has 1 saturated heterocycles. The van der Waals surface area contributed by atoms with E-state index in [0.717, 1.165) is 35.5 Å². The Hall–Kier alpha value is -4.37. The highest BCUT2D eigenvalue weighted by molar-refractivity contribution is 6.08. The zero-order chi connectivity index (χ0) is 29.9. The van der Waals surface area contributed by atoms with Gasteiger partial charge in [0.15, 0.2) is 0 Å². The molecule has 4 heterocycles. The molecule has 0 atom stereocenters. The number of nitrogens with zero attached hydrogens (tertiary/aromatic N) is 3. The minimum absolute atomic E-state index is 0.0368. The van der Waals surface area contributed by atoms with Crippen molar-refractivity contribution in [3.63, 3.8) is 0 Å². The van der Waals surface area contributed by atoms with Gasteiger partial charge in [-0.25, -0.2) is 4.98 Å². The summed E-state index contributed by atoms with van der Waals surface area (Å²) in [6.07, 6.45) is -3.08. The summed E-state index contributed by atoms with van der Waals surface area (Å²) in [5.41, 5.74) is 3.96. The van der Waals surface area contributed by atoms with Crippen LogP contribution >= 0.6 is 0 Å². The van der Waals surface area contributed by atoms with Gasteiger partial charge in [-0.15, -0.1) is 0 Å². The van der Waals surface area contributed by atoms with Crippen molar-refractivity contribution in [1.82, 2.24) is 14.5 Å². The first-order valence-corrected chi connectivity index (χ1v) is 14.4. The van der Waals surface area contributed by atoms with Gasteiger partial charge in [0.1, 0.15) is 11.5 Å². The van der Waals surface area contributed by atoms with Crippen molar-refractivity contribution in [1.29, 1.82) is 0 Å². The molecule has 0 unspecified atom stereocenters. The lowest BCUT2D eigenvalue weighted by molar-refractivity contribution is -0.137. The molecule has 1 fully saturated rings. The first-order chi connectivity index (χ1) is 20.7. The number of rotatable bonds is 4. The molecule has 0 bridgehead atoms. The second kappa shape index (κ2) is 10.1. The van der Waals surface area contributed by atoms with E-state index in [1.54, 1.807) is 6.92 Å². The zero-order valence-electron chi connectivity index (χ0n) is 23.9. The van der Waals surface area contributed by atoms with Crippen LogP contribution in [-0.2, 0) is 29.7 Å². The molecule has 0 aliphatic carbocycles. The number of carbonyl (C=O) groups is 1. The van der Waals surface area contributed by atoms with Crippen molar-refractivity contribution in [2.24, 2.45) is 0 Å². The van der Waals surface area contributed by atoms with Crippen LogP contribution in [0.5, 0.6) is 0 Å². The van der Waals surface area contributed by atoms with Gasteiger partial charge in [-0.1, -0.05) is 54.6 Å². The molecule has 6 nitrogen and oxygen atoms in total. The Bertz CT molecular complexity index is 1860. The molecular formula is C34H30F3N3O3. The molecule has 0 saturated carbocycles. The van der Waals surface area contributed by atoms with Gasteiger partial charge in [0.2, 0.25) is 5.89 Å². The zero-order valence-corrected chi connectivity index (χ0v) is 23.9. The van der Waals surface area contributed by atoms with E-state index in [9.17, 15) is 18.0 Å². The maximum atomic E-state index is 14.1. The summed E-state index contributed by atoms with van der Waals surface area (Å²) < 4.78 is 55.1. The van der Waals surface area contributed by atoms with Crippen LogP contribution in [0, 0.1) is 13.8 Å². The number of hydrogen-bond donors (Lipinski definition) is 0. The average Bonchev–Trinajstić information content (AvgIpc) is 3.65. The van der Waals surface area contributed by atoms with Crippen LogP contribution in [-0.4, -0.2) is 33.4 Å². The van der Waals surface area contributed by atoms with E-state index in [1.165, 1.54) is 29.3 Å². The number of halogens is 3. The standard InChI is InChI=1S/C34H30F3N3O3/c1-21-30(32(41)39-17-15-33(16-18-39)26-12-6-3-9-23(26)20-42-33)25-11-5-8-14-29(25)40(21)19-28-22(2)43-31(38-28)24-10-4-7-13-27(24)34(35,36)37/h3-14H,15-20H2,1-2H3. The summed E-state index contributed by atoms with van der Waals surface area (Å²) >= 11 is 0. The Kier molecular flexibility index (Phi) is 6.46. The molecule has 5 aromatic rings. The number of alkyl halides is 3. The molecule has 7 rings (SSSR count). The Labute approximate surface area is 246 Å². The van der Waals surface area contributed by atoms with Gasteiger partial charge in [-0.2, -0.15) is 13.2 Å². The fourth-order valence-corrected chi connectivity index (χ4v) is 6.69. The number of carbonyl (C=O) groups excluding carboxylic acids is 1. The molecule has 0 radical (unpaired) electrons. The number of benzene rings is 3. The van der Waals surface area contributed by atoms with Crippen LogP contribution in [0.3, 0.4) is 0 Å². The lowest BCUT2D eigenvalue weighted by Gasteiger charge is -2.39. The number of fused-ring (bicyclic) bond motifs is 3. The number of amides is 1. The Morgan fingerprint density at radius 1 is 0.953 bits per heavy atom. The van der Waals surface area contributed by atoms with Crippen molar-refractivity contribution in [2.45, 2.75) is 51.6 Å². The molecule has 1 spiro atoms. The largest absolute Gasteiger partial charge is 0.441 e. The lowest BCUT2D eigenvalue weighted by atomic mass is 9.83. The van der Waals surface area contributed by atoms with E-state index in [4.69, 9.17) is 9.15 Å². The van der Waals surface area contributed by atoms with E-state index in [-0.39, 0.29) is 29.5 Å². The van der Waals surface area contributed by atoms with Crippen LogP contribution in [0.15, 0.2) is 77.2 Å². The van der Waals surface area contributed by atoms with Crippen LogP contribution in [0.1, 0.15) is 57.0 Å². The third-order valence-electron chi connectivity index (χ3n) is 8.98. The van der Waals surface area contributed by atoms with Gasteiger partial charge in [-0.3, -0.25) is 4.79 Å². The molecule has 9 heteroatoms. The minimum Gasteiger partial charge on any atom is -0.441 e. The quantitative estimate of drug-likeness (QED) is 0.218. The summed E-state index contributed by atoms with van der Waals surface area (Å²) in [7, 11) is 0. The molecule has 43 heavy (non-hydrogen) atoms. The highest BCUT2D eigenvalue weighted by Gasteiger charge is 2.43. The van der Waals surface area contributed by atoms with E-state index >= 15 is 0 Å². The predicted octanol–water partition coefficient (Wildman–Crippen LogP) is 7.64. The number of ether oxygens (including phenoxy) is 1. The monoisotopic (exact) mass is 585 g/mol. The first kappa shape index (κ1) is 27.5. The lowest BCUT2D eigenvalue weighted by Crippen LogP contribution is -2.45. The summed E-state index contributed by atoms with van der Waals surface area (Å²) in [5, 5.41) is 0.830. The topological polar surface area (TPSA) is 60.5 Å². The van der Waals surface area contributed by atoms with Gasteiger partial charge in [0.05, 0.1) is 29.9 Å². The second-order valence-electron chi connectivity index (χ2n) is 11.4. The van der Waals surface area contributed by atoms with Crippen LogP contribution in [0.25, 0.3) is 22.4 Å². The molecule has 2 aliphatic rings. The fourth-order valence-electron chi connectivity index (χ4n) is 6.69. The normalized spacial score (nSPS) is 16.3. The van der Waals surface area contributed by atoms with E-state index in [1.807, 2.05) is 52.8 Å². The van der Waals surface area contributed by atoms with E-state index < -0.39 is 11.7 Å². The van der Waals surface area contributed by atoms with Crippen LogP contribution in [0.2, 0.25) is 0 Å². The number of para-hydroxylation sites is 1. The van der Waals surface area contributed by atoms with Gasteiger partial charge in [-0.05, 0) is 56.0 Å². The summed E-state index contributed by atoms with van der Waals surface area (Å²) in [4.78, 5) is 20.5. The van der Waals surface area contributed by atoms with E-state index in [0.29, 0.717) is 36.7 Å². The summed E-state index contributed by atoms with van der Waals surface area (Å²) in [6, 6.07) is 21.3. The number of hydrogen-bond acceptors (Lipinski definition) is 4. The highest BCUT2D eigenvalue weighted by Crippen LogP contribution is 2.44. The van der Waals surface area contributed by atoms with Crippen molar-refractivity contribution in [3.05, 3.63) is 112 Å². The number of piperidine rings is 1.